The number of carboxylic acid groups (broad SMARTS) is 1. The van der Waals surface area contributed by atoms with Crippen molar-refractivity contribution in [1.29, 1.82) is 0 Å². The number of primary amides is 1. The SMILES string of the molecule is CC(C)C[C@H](NC(=O)[C@H](Cc1ccccc1)NC(=O)CNC(=O)CNC(=O)[C@H](Cc1ccc(O)cc1)NC(=O)CCn1ccnc1CC(N)C(=O)O)C(N)=O. The summed E-state index contributed by atoms with van der Waals surface area (Å²) in [7, 11) is 0. The van der Waals surface area contributed by atoms with Gasteiger partial charge in [-0.25, -0.2) is 4.98 Å². The van der Waals surface area contributed by atoms with Gasteiger partial charge in [0.1, 0.15) is 35.7 Å². The molecule has 0 aliphatic carbocycles. The van der Waals surface area contributed by atoms with Crippen LogP contribution in [0.3, 0.4) is 0 Å². The smallest absolute Gasteiger partial charge is 0.320 e. The molecule has 0 spiro atoms. The van der Waals surface area contributed by atoms with Crippen LogP contribution in [-0.2, 0) is 59.4 Å². The minimum atomic E-state index is -1.20. The number of nitrogens with one attached hydrogen (secondary N) is 5. The first kappa shape index (κ1) is 43.1. The van der Waals surface area contributed by atoms with Crippen LogP contribution in [0.15, 0.2) is 67.0 Å². The number of benzene rings is 2. The van der Waals surface area contributed by atoms with Gasteiger partial charge in [-0.15, -0.1) is 0 Å². The number of aryl methyl sites for hydroxylation is 1. The molecule has 55 heavy (non-hydrogen) atoms. The normalized spacial score (nSPS) is 13.1. The molecular formula is C37H49N9O9. The maximum Gasteiger partial charge on any atom is 0.320 e. The second kappa shape index (κ2) is 21.4. The minimum Gasteiger partial charge on any atom is -0.508 e. The molecule has 1 aromatic heterocycles. The molecule has 0 fully saturated rings. The number of aliphatic carboxylic acids is 1. The van der Waals surface area contributed by atoms with E-state index in [1.165, 1.54) is 18.3 Å². The average Bonchev–Trinajstić information content (AvgIpc) is 3.58. The minimum absolute atomic E-state index is 0.00115. The molecule has 0 bridgehead atoms. The number of hydrogen-bond acceptors (Lipinski definition) is 10. The van der Waals surface area contributed by atoms with Gasteiger partial charge < -0.3 is 52.8 Å². The summed E-state index contributed by atoms with van der Waals surface area (Å²) in [4.78, 5) is 92.3. The molecule has 0 saturated heterocycles. The lowest BCUT2D eigenvalue weighted by Crippen LogP contribution is -2.55. The highest BCUT2D eigenvalue weighted by atomic mass is 16.4. The molecule has 296 valence electrons. The second-order valence-electron chi connectivity index (χ2n) is 13.3. The predicted molar refractivity (Wildman–Crippen MR) is 199 cm³/mol. The number of aromatic nitrogens is 2. The van der Waals surface area contributed by atoms with E-state index in [4.69, 9.17) is 16.6 Å². The first-order valence-electron chi connectivity index (χ1n) is 17.6. The van der Waals surface area contributed by atoms with Crippen molar-refractivity contribution < 1.29 is 43.8 Å². The van der Waals surface area contributed by atoms with Crippen LogP contribution >= 0.6 is 0 Å². The predicted octanol–water partition coefficient (Wildman–Crippen LogP) is -1.36. The lowest BCUT2D eigenvalue weighted by Gasteiger charge is -2.23. The fraction of sp³-hybridized carbons (Fsp3) is 0.405. The maximum atomic E-state index is 13.3. The molecule has 4 atom stereocenters. The van der Waals surface area contributed by atoms with Crippen LogP contribution in [0.2, 0.25) is 0 Å². The summed E-state index contributed by atoms with van der Waals surface area (Å²) < 4.78 is 1.58. The first-order valence-corrected chi connectivity index (χ1v) is 17.6. The van der Waals surface area contributed by atoms with Crippen LogP contribution in [0.25, 0.3) is 0 Å². The van der Waals surface area contributed by atoms with Gasteiger partial charge in [0.15, 0.2) is 0 Å². The molecule has 11 N–H and O–H groups in total. The largest absolute Gasteiger partial charge is 0.508 e. The molecule has 3 rings (SSSR count). The second-order valence-corrected chi connectivity index (χ2v) is 13.3. The zero-order chi connectivity index (χ0) is 40.5. The van der Waals surface area contributed by atoms with Crippen LogP contribution in [0.4, 0.5) is 0 Å². The third-order valence-electron chi connectivity index (χ3n) is 8.30. The molecule has 0 radical (unpaired) electrons. The Morgan fingerprint density at radius 1 is 0.745 bits per heavy atom. The van der Waals surface area contributed by atoms with E-state index in [9.17, 15) is 38.7 Å². The molecule has 0 saturated carbocycles. The van der Waals surface area contributed by atoms with Crippen molar-refractivity contribution in [2.24, 2.45) is 17.4 Å². The van der Waals surface area contributed by atoms with Crippen molar-refractivity contribution in [3.8, 4) is 5.75 Å². The number of carboxylic acids is 1. The summed E-state index contributed by atoms with van der Waals surface area (Å²) in [5, 5.41) is 31.5. The molecule has 3 aromatic rings. The Labute approximate surface area is 317 Å². The summed E-state index contributed by atoms with van der Waals surface area (Å²) in [5.41, 5.74) is 12.4. The van der Waals surface area contributed by atoms with Gasteiger partial charge in [-0.05, 0) is 35.6 Å². The molecule has 0 aliphatic rings. The van der Waals surface area contributed by atoms with Crippen molar-refractivity contribution in [1.82, 2.24) is 36.1 Å². The monoisotopic (exact) mass is 763 g/mol. The van der Waals surface area contributed by atoms with E-state index in [1.807, 2.05) is 13.8 Å². The number of rotatable bonds is 22. The van der Waals surface area contributed by atoms with Gasteiger partial charge in [0.2, 0.25) is 35.4 Å². The van der Waals surface area contributed by atoms with E-state index in [-0.39, 0.29) is 43.9 Å². The van der Waals surface area contributed by atoms with E-state index in [1.54, 1.807) is 53.2 Å². The number of amides is 6. The highest BCUT2D eigenvalue weighted by molar-refractivity contribution is 5.94. The maximum absolute atomic E-state index is 13.3. The van der Waals surface area contributed by atoms with Gasteiger partial charge in [-0.1, -0.05) is 56.3 Å². The number of carbonyl (C=O) groups is 7. The number of carbonyl (C=O) groups excluding carboxylic acids is 6. The third kappa shape index (κ3) is 15.3. The number of phenolic OH excluding ortho intramolecular Hbond substituents is 1. The fourth-order valence-electron chi connectivity index (χ4n) is 5.41. The lowest BCUT2D eigenvalue weighted by molar-refractivity contribution is -0.138. The van der Waals surface area contributed by atoms with E-state index < -0.39 is 78.7 Å². The van der Waals surface area contributed by atoms with Gasteiger partial charge in [0.25, 0.3) is 0 Å². The Balaban J connectivity index is 1.58. The van der Waals surface area contributed by atoms with Crippen LogP contribution in [-0.4, -0.2) is 98.4 Å². The number of aromatic hydroxyl groups is 1. The molecule has 0 aliphatic heterocycles. The van der Waals surface area contributed by atoms with Crippen molar-refractivity contribution >= 4 is 41.4 Å². The fourth-order valence-corrected chi connectivity index (χ4v) is 5.41. The summed E-state index contributed by atoms with van der Waals surface area (Å²) in [6, 6.07) is 10.5. The number of nitrogens with two attached hydrogens (primary N) is 2. The zero-order valence-corrected chi connectivity index (χ0v) is 30.7. The molecule has 1 unspecified atom stereocenters. The Hall–Kier alpha value is -6.30. The Morgan fingerprint density at radius 3 is 1.96 bits per heavy atom. The van der Waals surface area contributed by atoms with Gasteiger partial charge in [-0.2, -0.15) is 0 Å². The van der Waals surface area contributed by atoms with Crippen LogP contribution < -0.4 is 38.1 Å². The Morgan fingerprint density at radius 2 is 1.35 bits per heavy atom. The van der Waals surface area contributed by atoms with E-state index in [0.29, 0.717) is 17.8 Å². The Kier molecular flexibility index (Phi) is 16.8. The summed E-state index contributed by atoms with van der Waals surface area (Å²) in [6.45, 7) is 2.75. The van der Waals surface area contributed by atoms with Gasteiger partial charge in [0, 0.05) is 44.6 Å². The van der Waals surface area contributed by atoms with Gasteiger partial charge >= 0.3 is 5.97 Å². The summed E-state index contributed by atoms with van der Waals surface area (Å²) >= 11 is 0. The molecule has 18 nitrogen and oxygen atoms in total. The first-order chi connectivity index (χ1) is 26.1. The van der Waals surface area contributed by atoms with E-state index in [0.717, 1.165) is 5.56 Å². The van der Waals surface area contributed by atoms with Crippen LogP contribution in [0, 0.1) is 5.92 Å². The highest BCUT2D eigenvalue weighted by Gasteiger charge is 2.27. The quantitative estimate of drug-likeness (QED) is 0.0576. The molecular weight excluding hydrogens is 714 g/mol. The van der Waals surface area contributed by atoms with E-state index >= 15 is 0 Å². The summed E-state index contributed by atoms with van der Waals surface area (Å²) in [5.74, 6) is -4.80. The van der Waals surface area contributed by atoms with Crippen LogP contribution in [0.1, 0.15) is 43.6 Å². The topological polar surface area (TPSA) is 290 Å². The third-order valence-corrected chi connectivity index (χ3v) is 8.30. The van der Waals surface area contributed by atoms with Crippen LogP contribution in [0.5, 0.6) is 5.75 Å². The standard InChI is InChI=1S/C37H49N9O9/c1-22(2)16-27(34(39)51)45-36(53)29(17-23-6-4-3-5-7-23)44-33(50)21-41-32(49)20-42-35(52)28(18-24-8-10-25(47)11-9-24)43-31(48)12-14-46-15-13-40-30(46)19-26(38)37(54)55/h3-11,13,15,22,26-29,47H,12,14,16-21,38H2,1-2H3,(H2,39,51)(H,41,49)(H,42,52)(H,43,48)(H,44,50)(H,45,53)(H,54,55)/t26?,27-,28-,29-/m0/s1. The molecule has 18 heteroatoms. The van der Waals surface area contributed by atoms with Gasteiger partial charge in [-0.3, -0.25) is 33.6 Å². The lowest BCUT2D eigenvalue weighted by atomic mass is 10.0. The average molecular weight is 764 g/mol. The zero-order valence-electron chi connectivity index (χ0n) is 30.7. The van der Waals surface area contributed by atoms with Gasteiger partial charge in [0.05, 0.1) is 13.1 Å². The molecule has 2 aromatic carbocycles. The number of imidazole rings is 1. The highest BCUT2D eigenvalue weighted by Crippen LogP contribution is 2.12. The van der Waals surface area contributed by atoms with E-state index in [2.05, 4.69) is 31.6 Å². The molecule has 1 heterocycles. The number of hydrogen-bond donors (Lipinski definition) is 9. The Bertz CT molecular complexity index is 1780. The number of nitrogens with zero attached hydrogens (tertiary/aromatic N) is 2. The van der Waals surface area contributed by atoms with Crippen molar-refractivity contribution in [3.05, 3.63) is 83.9 Å². The van der Waals surface area contributed by atoms with Crippen molar-refractivity contribution in [2.75, 3.05) is 13.1 Å². The number of phenols is 1. The summed E-state index contributed by atoms with van der Waals surface area (Å²) in [6.07, 6.45) is 3.25. The van der Waals surface area contributed by atoms with Crippen molar-refractivity contribution in [3.63, 3.8) is 0 Å². The van der Waals surface area contributed by atoms with Crippen molar-refractivity contribution in [2.45, 2.75) is 76.7 Å². The molecule has 6 amide bonds.